The number of alkyl halides is 1. The van der Waals surface area contributed by atoms with Gasteiger partial charge >= 0.3 is 0 Å². The number of ether oxygens (including phenoxy) is 1. The number of carbonyl (C=O) groups excluding carboxylic acids is 2. The van der Waals surface area contributed by atoms with Gasteiger partial charge in [0, 0.05) is 41.9 Å². The minimum Gasteiger partial charge on any atom is -0.484 e. The summed E-state index contributed by atoms with van der Waals surface area (Å²) in [5.74, 6) is -0.121. The normalized spacial score (nSPS) is 20.6. The maximum absolute atomic E-state index is 14.3. The van der Waals surface area contributed by atoms with Crippen LogP contribution in [0.3, 0.4) is 0 Å². The van der Waals surface area contributed by atoms with Crippen LogP contribution in [0.15, 0.2) is 29.3 Å². The number of hydrogen-bond acceptors (Lipinski definition) is 7. The smallest absolute Gasteiger partial charge is 0.230 e. The van der Waals surface area contributed by atoms with E-state index in [1.54, 1.807) is 12.1 Å². The van der Waals surface area contributed by atoms with Crippen LogP contribution in [-0.2, 0) is 16.1 Å². The summed E-state index contributed by atoms with van der Waals surface area (Å²) in [6.07, 6.45) is 0.356. The highest BCUT2D eigenvalue weighted by atomic mass is 35.5. The number of nitriles is 1. The lowest BCUT2D eigenvalue weighted by Gasteiger charge is -2.20. The van der Waals surface area contributed by atoms with Gasteiger partial charge in [0.2, 0.25) is 11.8 Å². The molecule has 0 saturated carbocycles. The number of rotatable bonds is 7. The van der Waals surface area contributed by atoms with Crippen molar-refractivity contribution in [2.75, 3.05) is 13.1 Å². The molecule has 2 aromatic rings. The fourth-order valence-corrected chi connectivity index (χ4v) is 5.51. The molecular formula is C24H22ClFN4O3S. The number of hydrogen-bond donors (Lipinski definition) is 1. The number of nitrogens with zero attached hydrogens (tertiary/aromatic N) is 3. The standard InChI is InChI=1S/C24H22ClFN4O3S/c1-3-15(24-19(28-2)8-14(34-24)12-30-21(31)4-5-22(30)32)16-6-13(9-27)7-17(25)23(16)33-20-11-29-10-18(20)26/h3,6-8,18,20,29H,2,4-5,10-12H2,1H3/b15-3-/t18-,20+/m0/s1. The minimum absolute atomic E-state index is 0.154. The lowest BCUT2D eigenvalue weighted by atomic mass is 9.99. The highest BCUT2D eigenvalue weighted by Crippen LogP contribution is 2.44. The number of aliphatic imine (C=N–C) groups is 1. The Morgan fingerprint density at radius 1 is 1.38 bits per heavy atom. The molecule has 0 radical (unpaired) electrons. The first-order valence-electron chi connectivity index (χ1n) is 10.7. The van der Waals surface area contributed by atoms with Crippen LogP contribution in [0.4, 0.5) is 10.1 Å². The number of allylic oxidation sites excluding steroid dienone is 1. The third-order valence-electron chi connectivity index (χ3n) is 5.76. The summed E-state index contributed by atoms with van der Waals surface area (Å²) in [6.45, 7) is 6.16. The van der Waals surface area contributed by atoms with Gasteiger partial charge in [0.15, 0.2) is 6.17 Å². The maximum Gasteiger partial charge on any atom is 0.230 e. The Balaban J connectivity index is 1.76. The monoisotopic (exact) mass is 500 g/mol. The molecule has 2 atom stereocenters. The Hall–Kier alpha value is -3.06. The highest BCUT2D eigenvalue weighted by molar-refractivity contribution is 7.13. The van der Waals surface area contributed by atoms with Crippen molar-refractivity contribution in [1.82, 2.24) is 10.2 Å². The highest BCUT2D eigenvalue weighted by Gasteiger charge is 2.32. The number of amides is 2. The van der Waals surface area contributed by atoms with Gasteiger partial charge in [0.25, 0.3) is 0 Å². The molecule has 1 aromatic carbocycles. The topological polar surface area (TPSA) is 94.8 Å². The zero-order valence-electron chi connectivity index (χ0n) is 18.4. The summed E-state index contributed by atoms with van der Waals surface area (Å²) in [5.41, 5.74) is 2.08. The van der Waals surface area contributed by atoms with Crippen molar-refractivity contribution in [3.05, 3.63) is 50.2 Å². The molecule has 10 heteroatoms. The van der Waals surface area contributed by atoms with Gasteiger partial charge in [-0.2, -0.15) is 5.26 Å². The van der Waals surface area contributed by atoms with E-state index in [9.17, 15) is 19.2 Å². The van der Waals surface area contributed by atoms with Crippen molar-refractivity contribution in [3.8, 4) is 11.8 Å². The van der Waals surface area contributed by atoms with Crippen LogP contribution in [0.1, 0.15) is 40.6 Å². The minimum atomic E-state index is -1.19. The maximum atomic E-state index is 14.3. The predicted octanol–water partition coefficient (Wildman–Crippen LogP) is 4.39. The largest absolute Gasteiger partial charge is 0.484 e. The number of thiophene rings is 1. The fourth-order valence-electron chi connectivity index (χ4n) is 4.05. The van der Waals surface area contributed by atoms with Crippen molar-refractivity contribution in [2.24, 2.45) is 4.99 Å². The van der Waals surface area contributed by atoms with Gasteiger partial charge in [-0.25, -0.2) is 4.39 Å². The van der Waals surface area contributed by atoms with Crippen molar-refractivity contribution in [2.45, 2.75) is 38.6 Å². The van der Waals surface area contributed by atoms with E-state index in [2.05, 4.69) is 23.1 Å². The van der Waals surface area contributed by atoms with E-state index >= 15 is 0 Å². The first kappa shape index (κ1) is 24.1. The Kier molecular flexibility index (Phi) is 7.12. The van der Waals surface area contributed by atoms with E-state index in [0.717, 1.165) is 4.88 Å². The van der Waals surface area contributed by atoms with Crippen LogP contribution in [0, 0.1) is 11.3 Å². The third kappa shape index (κ3) is 4.62. The summed E-state index contributed by atoms with van der Waals surface area (Å²) in [7, 11) is 0. The lowest BCUT2D eigenvalue weighted by Crippen LogP contribution is -2.27. The van der Waals surface area contributed by atoms with Crippen molar-refractivity contribution < 1.29 is 18.7 Å². The molecule has 2 saturated heterocycles. The fraction of sp³-hybridized carbons (Fsp3) is 0.333. The lowest BCUT2D eigenvalue weighted by molar-refractivity contribution is -0.138. The molecule has 3 heterocycles. The Bertz CT molecular complexity index is 1220. The molecule has 2 aliphatic heterocycles. The Morgan fingerprint density at radius 2 is 2.12 bits per heavy atom. The molecule has 1 aromatic heterocycles. The molecule has 1 N–H and O–H groups in total. The SMILES string of the molecule is C=Nc1cc(CN2C(=O)CCC2=O)sc1/C(=C\C)c1cc(C#N)cc(Cl)c1O[C@@H]1CNC[C@@H]1F. The summed E-state index contributed by atoms with van der Waals surface area (Å²) >= 11 is 7.85. The van der Waals surface area contributed by atoms with Crippen LogP contribution in [0.5, 0.6) is 5.75 Å². The molecule has 7 nitrogen and oxygen atoms in total. The number of likely N-dealkylation sites (tertiary alicyclic amines) is 1. The first-order valence-corrected chi connectivity index (χ1v) is 11.9. The Labute approximate surface area is 205 Å². The van der Waals surface area contributed by atoms with Gasteiger partial charge in [-0.3, -0.25) is 19.5 Å². The summed E-state index contributed by atoms with van der Waals surface area (Å²) in [5, 5.41) is 12.7. The zero-order valence-corrected chi connectivity index (χ0v) is 20.0. The van der Waals surface area contributed by atoms with Gasteiger partial charge < -0.3 is 10.1 Å². The van der Waals surface area contributed by atoms with Crippen LogP contribution < -0.4 is 10.1 Å². The molecule has 0 aliphatic carbocycles. The first-order chi connectivity index (χ1) is 16.4. The van der Waals surface area contributed by atoms with Crippen molar-refractivity contribution in [1.29, 1.82) is 5.26 Å². The van der Waals surface area contributed by atoms with E-state index in [4.69, 9.17) is 16.3 Å². The quantitative estimate of drug-likeness (QED) is 0.449. The van der Waals surface area contributed by atoms with Crippen LogP contribution in [0.25, 0.3) is 5.57 Å². The van der Waals surface area contributed by atoms with Crippen LogP contribution in [0.2, 0.25) is 5.02 Å². The third-order valence-corrected chi connectivity index (χ3v) is 7.18. The van der Waals surface area contributed by atoms with E-state index in [-0.39, 0.29) is 48.5 Å². The van der Waals surface area contributed by atoms with Crippen molar-refractivity contribution >= 4 is 52.7 Å². The van der Waals surface area contributed by atoms with Crippen molar-refractivity contribution in [3.63, 3.8) is 0 Å². The summed E-state index contributed by atoms with van der Waals surface area (Å²) in [6, 6.07) is 7.01. The van der Waals surface area contributed by atoms with Gasteiger partial charge in [-0.05, 0) is 31.8 Å². The van der Waals surface area contributed by atoms with Gasteiger partial charge in [0.05, 0.1) is 33.8 Å². The average molecular weight is 501 g/mol. The molecule has 0 spiro atoms. The van der Waals surface area contributed by atoms with Gasteiger partial charge in [-0.15, -0.1) is 11.3 Å². The molecular weight excluding hydrogens is 479 g/mol. The number of benzene rings is 1. The predicted molar refractivity (Wildman–Crippen MR) is 129 cm³/mol. The van der Waals surface area contributed by atoms with Crippen LogP contribution >= 0.6 is 22.9 Å². The molecule has 2 aliphatic rings. The number of nitrogens with one attached hydrogen (secondary N) is 1. The molecule has 0 bridgehead atoms. The second-order valence-corrected chi connectivity index (χ2v) is 9.48. The number of carbonyl (C=O) groups is 2. The number of halogens is 2. The van der Waals surface area contributed by atoms with E-state index in [0.29, 0.717) is 33.8 Å². The molecule has 34 heavy (non-hydrogen) atoms. The zero-order chi connectivity index (χ0) is 24.4. The molecule has 0 unspecified atom stereocenters. The van der Waals surface area contributed by atoms with E-state index in [1.165, 1.54) is 22.3 Å². The van der Waals surface area contributed by atoms with Gasteiger partial charge in [0.1, 0.15) is 11.9 Å². The van der Waals surface area contributed by atoms with E-state index < -0.39 is 12.3 Å². The number of imide groups is 1. The van der Waals surface area contributed by atoms with E-state index in [1.807, 2.05) is 13.0 Å². The average Bonchev–Trinajstić information content (AvgIpc) is 3.51. The molecule has 4 rings (SSSR count). The molecule has 2 fully saturated rings. The Morgan fingerprint density at radius 3 is 2.71 bits per heavy atom. The second kappa shape index (κ2) is 10.1. The molecule has 2 amide bonds. The summed E-state index contributed by atoms with van der Waals surface area (Å²) in [4.78, 5) is 31.0. The van der Waals surface area contributed by atoms with Crippen LogP contribution in [-0.4, -0.2) is 48.8 Å². The molecule has 176 valence electrons. The summed E-state index contributed by atoms with van der Waals surface area (Å²) < 4.78 is 20.3. The van der Waals surface area contributed by atoms with Gasteiger partial charge in [-0.1, -0.05) is 17.7 Å². The second-order valence-electron chi connectivity index (χ2n) is 7.94.